The number of thiocarbonyl (C=S) groups is 1. The van der Waals surface area contributed by atoms with Crippen LogP contribution < -0.4 is 10.6 Å². The zero-order valence-corrected chi connectivity index (χ0v) is 16.7. The molecule has 0 spiro atoms. The van der Waals surface area contributed by atoms with Crippen molar-refractivity contribution in [2.45, 2.75) is 13.5 Å². The van der Waals surface area contributed by atoms with Gasteiger partial charge in [-0.25, -0.2) is 9.67 Å². The summed E-state index contributed by atoms with van der Waals surface area (Å²) in [6.45, 7) is 2.43. The van der Waals surface area contributed by atoms with Crippen molar-refractivity contribution in [3.05, 3.63) is 68.9 Å². The van der Waals surface area contributed by atoms with Crippen LogP contribution in [0.4, 0.5) is 11.6 Å². The van der Waals surface area contributed by atoms with E-state index < -0.39 is 0 Å². The average Bonchev–Trinajstić information content (AvgIpc) is 3.00. The number of aromatic nitrogens is 3. The third-order valence-electron chi connectivity index (χ3n) is 3.56. The van der Waals surface area contributed by atoms with Crippen LogP contribution in [0.3, 0.4) is 0 Å². The van der Waals surface area contributed by atoms with Gasteiger partial charge in [-0.15, -0.1) is 5.10 Å². The monoisotopic (exact) mass is 425 g/mol. The van der Waals surface area contributed by atoms with Crippen LogP contribution in [0, 0.1) is 6.92 Å². The molecular weight excluding hydrogens is 413 g/mol. The van der Waals surface area contributed by atoms with E-state index in [4.69, 9.17) is 47.0 Å². The normalized spacial score (nSPS) is 10.6. The van der Waals surface area contributed by atoms with Crippen LogP contribution in [0.1, 0.15) is 11.1 Å². The lowest BCUT2D eigenvalue weighted by Gasteiger charge is -2.11. The topological polar surface area (TPSA) is 54.8 Å². The van der Waals surface area contributed by atoms with Gasteiger partial charge in [-0.05, 0) is 54.5 Å². The Hall–Kier alpha value is -1.86. The predicted octanol–water partition coefficient (Wildman–Crippen LogP) is 5.40. The smallest absolute Gasteiger partial charge is 0.248 e. The molecule has 0 fully saturated rings. The Morgan fingerprint density at radius 2 is 1.81 bits per heavy atom. The molecule has 0 saturated carbocycles. The Morgan fingerprint density at radius 1 is 1.08 bits per heavy atom. The molecule has 1 aromatic heterocycles. The van der Waals surface area contributed by atoms with E-state index in [1.807, 2.05) is 25.1 Å². The molecule has 0 saturated heterocycles. The van der Waals surface area contributed by atoms with E-state index in [2.05, 4.69) is 20.7 Å². The van der Waals surface area contributed by atoms with E-state index in [1.54, 1.807) is 29.2 Å². The molecule has 0 aliphatic heterocycles. The van der Waals surface area contributed by atoms with Crippen LogP contribution >= 0.6 is 47.0 Å². The molecule has 2 N–H and O–H groups in total. The summed E-state index contributed by atoms with van der Waals surface area (Å²) < 4.78 is 1.66. The maximum Gasteiger partial charge on any atom is 0.248 e. The molecule has 0 radical (unpaired) electrons. The highest BCUT2D eigenvalue weighted by Gasteiger charge is 2.08. The number of nitrogens with one attached hydrogen (secondary N) is 2. The molecule has 1 heterocycles. The predicted molar refractivity (Wildman–Crippen MR) is 112 cm³/mol. The van der Waals surface area contributed by atoms with Gasteiger partial charge >= 0.3 is 0 Å². The Balaban J connectivity index is 1.64. The fourth-order valence-corrected chi connectivity index (χ4v) is 3.08. The lowest BCUT2D eigenvalue weighted by atomic mass is 10.2. The number of nitrogens with zero attached hydrogens (tertiary/aromatic N) is 3. The summed E-state index contributed by atoms with van der Waals surface area (Å²) in [6, 6.07) is 10.9. The average molecular weight is 427 g/mol. The SMILES string of the molecule is Cc1ccc(Cl)cc1NC(=S)Nc1ncn(Cc2ccc(Cl)cc2Cl)n1. The second-order valence-electron chi connectivity index (χ2n) is 5.54. The highest BCUT2D eigenvalue weighted by molar-refractivity contribution is 7.80. The van der Waals surface area contributed by atoms with Crippen molar-refractivity contribution in [1.29, 1.82) is 0 Å². The van der Waals surface area contributed by atoms with E-state index in [-0.39, 0.29) is 0 Å². The number of rotatable bonds is 4. The Bertz CT molecular complexity index is 957. The molecule has 0 unspecified atom stereocenters. The zero-order chi connectivity index (χ0) is 18.7. The Labute approximate surface area is 171 Å². The summed E-state index contributed by atoms with van der Waals surface area (Å²) in [6.07, 6.45) is 1.60. The molecule has 134 valence electrons. The van der Waals surface area contributed by atoms with Crippen molar-refractivity contribution in [2.75, 3.05) is 10.6 Å². The van der Waals surface area contributed by atoms with Gasteiger partial charge in [0.05, 0.1) is 6.54 Å². The highest BCUT2D eigenvalue weighted by Crippen LogP contribution is 2.22. The lowest BCUT2D eigenvalue weighted by Crippen LogP contribution is -2.20. The summed E-state index contributed by atoms with van der Waals surface area (Å²) in [5, 5.41) is 12.5. The summed E-state index contributed by atoms with van der Waals surface area (Å²) in [4.78, 5) is 4.20. The first kappa shape index (κ1) is 18.9. The van der Waals surface area contributed by atoms with E-state index in [0.29, 0.717) is 32.7 Å². The van der Waals surface area contributed by atoms with Gasteiger partial charge in [0, 0.05) is 20.8 Å². The summed E-state index contributed by atoms with van der Waals surface area (Å²) in [5.41, 5.74) is 2.74. The minimum atomic E-state index is 0.373. The van der Waals surface area contributed by atoms with Gasteiger partial charge in [-0.3, -0.25) is 5.32 Å². The third kappa shape index (κ3) is 4.86. The van der Waals surface area contributed by atoms with Gasteiger partial charge < -0.3 is 5.32 Å². The van der Waals surface area contributed by atoms with Crippen molar-refractivity contribution in [1.82, 2.24) is 14.8 Å². The van der Waals surface area contributed by atoms with Crippen LogP contribution in [0.5, 0.6) is 0 Å². The Morgan fingerprint density at radius 3 is 2.58 bits per heavy atom. The van der Waals surface area contributed by atoms with Crippen LogP contribution in [0.25, 0.3) is 0 Å². The first-order valence-corrected chi connectivity index (χ1v) is 9.12. The Kier molecular flexibility index (Phi) is 5.98. The summed E-state index contributed by atoms with van der Waals surface area (Å²) in [5.74, 6) is 0.382. The number of anilines is 2. The number of halogens is 3. The molecule has 0 amide bonds. The fraction of sp³-hybridized carbons (Fsp3) is 0.118. The largest absolute Gasteiger partial charge is 0.332 e. The van der Waals surface area contributed by atoms with Gasteiger partial charge in [-0.1, -0.05) is 46.9 Å². The van der Waals surface area contributed by atoms with Gasteiger partial charge in [0.15, 0.2) is 5.11 Å². The summed E-state index contributed by atoms with van der Waals surface area (Å²) in [7, 11) is 0. The maximum absolute atomic E-state index is 6.19. The zero-order valence-electron chi connectivity index (χ0n) is 13.6. The van der Waals surface area contributed by atoms with Gasteiger partial charge in [0.1, 0.15) is 6.33 Å². The van der Waals surface area contributed by atoms with E-state index in [1.165, 1.54) is 0 Å². The van der Waals surface area contributed by atoms with Crippen molar-refractivity contribution in [3.8, 4) is 0 Å². The minimum absolute atomic E-state index is 0.373. The highest BCUT2D eigenvalue weighted by atomic mass is 35.5. The first-order chi connectivity index (χ1) is 12.4. The molecule has 26 heavy (non-hydrogen) atoms. The van der Waals surface area contributed by atoms with Crippen molar-refractivity contribution >= 4 is 63.8 Å². The number of hydrogen-bond acceptors (Lipinski definition) is 3. The molecule has 3 aromatic rings. The van der Waals surface area contributed by atoms with Crippen molar-refractivity contribution in [2.24, 2.45) is 0 Å². The quantitative estimate of drug-likeness (QED) is 0.547. The van der Waals surface area contributed by atoms with Gasteiger partial charge in [0.2, 0.25) is 5.95 Å². The molecule has 5 nitrogen and oxygen atoms in total. The van der Waals surface area contributed by atoms with E-state index in [0.717, 1.165) is 16.8 Å². The number of hydrogen-bond donors (Lipinski definition) is 2. The molecule has 0 aliphatic rings. The standard InChI is InChI=1S/C17H14Cl3N5S/c1-10-2-4-13(19)7-15(10)22-17(26)23-16-21-9-25(24-16)8-11-3-5-12(18)6-14(11)20/h2-7,9H,8H2,1H3,(H2,22,23,24,26). The van der Waals surface area contributed by atoms with Crippen LogP contribution in [-0.2, 0) is 6.54 Å². The fourth-order valence-electron chi connectivity index (χ4n) is 2.24. The van der Waals surface area contributed by atoms with Gasteiger partial charge in [-0.2, -0.15) is 0 Å². The second kappa shape index (κ2) is 8.22. The molecule has 9 heteroatoms. The van der Waals surface area contributed by atoms with Crippen LogP contribution in [0.2, 0.25) is 15.1 Å². The number of benzene rings is 2. The maximum atomic E-state index is 6.19. The lowest BCUT2D eigenvalue weighted by molar-refractivity contribution is 0.687. The first-order valence-electron chi connectivity index (χ1n) is 7.58. The third-order valence-corrected chi connectivity index (χ3v) is 4.58. The molecule has 2 aromatic carbocycles. The summed E-state index contributed by atoms with van der Waals surface area (Å²) >= 11 is 23.4. The van der Waals surface area contributed by atoms with Crippen LogP contribution in [-0.4, -0.2) is 19.9 Å². The second-order valence-corrected chi connectivity index (χ2v) is 7.23. The van der Waals surface area contributed by atoms with Crippen LogP contribution in [0.15, 0.2) is 42.7 Å². The van der Waals surface area contributed by atoms with Crippen molar-refractivity contribution < 1.29 is 0 Å². The minimum Gasteiger partial charge on any atom is -0.332 e. The molecule has 0 atom stereocenters. The van der Waals surface area contributed by atoms with E-state index >= 15 is 0 Å². The molecule has 0 bridgehead atoms. The molecule has 0 aliphatic carbocycles. The van der Waals surface area contributed by atoms with Gasteiger partial charge in [0.25, 0.3) is 0 Å². The number of aryl methyl sites for hydroxylation is 1. The van der Waals surface area contributed by atoms with E-state index in [9.17, 15) is 0 Å². The molecular formula is C17H14Cl3N5S. The molecule has 3 rings (SSSR count). The van der Waals surface area contributed by atoms with Crippen molar-refractivity contribution in [3.63, 3.8) is 0 Å².